The van der Waals surface area contributed by atoms with Gasteiger partial charge in [0.1, 0.15) is 0 Å². The molecule has 2 aromatic carbocycles. The van der Waals surface area contributed by atoms with Crippen molar-refractivity contribution in [2.24, 2.45) is 0 Å². The number of hydrogen-bond acceptors (Lipinski definition) is 2. The summed E-state index contributed by atoms with van der Waals surface area (Å²) in [6.45, 7) is 6.53. The summed E-state index contributed by atoms with van der Waals surface area (Å²) >= 11 is 3.52. The van der Waals surface area contributed by atoms with Crippen LogP contribution in [-0.4, -0.2) is 28.8 Å². The first-order valence-electron chi connectivity index (χ1n) is 9.89. The molecule has 150 valence electrons. The van der Waals surface area contributed by atoms with Crippen LogP contribution >= 0.6 is 15.9 Å². The molecule has 28 heavy (non-hydrogen) atoms. The van der Waals surface area contributed by atoms with E-state index in [1.54, 1.807) is 4.90 Å². The van der Waals surface area contributed by atoms with Gasteiger partial charge in [0.05, 0.1) is 5.69 Å². The summed E-state index contributed by atoms with van der Waals surface area (Å²) in [6.07, 6.45) is 2.81. The summed E-state index contributed by atoms with van der Waals surface area (Å²) in [6, 6.07) is 16.3. The van der Waals surface area contributed by atoms with E-state index >= 15 is 0 Å². The third kappa shape index (κ3) is 5.15. The molecule has 0 atom stereocenters. The van der Waals surface area contributed by atoms with Crippen molar-refractivity contribution in [2.45, 2.75) is 64.1 Å². The van der Waals surface area contributed by atoms with E-state index < -0.39 is 6.09 Å². The number of carboxylic acid groups (broad SMARTS) is 1. The van der Waals surface area contributed by atoms with Crippen molar-refractivity contribution in [1.82, 2.24) is 5.32 Å². The highest BCUT2D eigenvalue weighted by Crippen LogP contribution is 2.37. The lowest BCUT2D eigenvalue weighted by atomic mass is 9.88. The Labute approximate surface area is 176 Å². The first kappa shape index (κ1) is 20.9. The van der Waals surface area contributed by atoms with Gasteiger partial charge in [-0.05, 0) is 64.2 Å². The van der Waals surface area contributed by atoms with Gasteiger partial charge in [-0.1, -0.05) is 52.3 Å². The van der Waals surface area contributed by atoms with Gasteiger partial charge in [-0.3, -0.25) is 4.90 Å². The number of halogens is 1. The Hall–Kier alpha value is -1.85. The summed E-state index contributed by atoms with van der Waals surface area (Å²) < 4.78 is 0.886. The maximum Gasteiger partial charge on any atom is 0.412 e. The van der Waals surface area contributed by atoms with Crippen LogP contribution in [0.5, 0.6) is 0 Å². The molecular weight excluding hydrogens is 416 g/mol. The fourth-order valence-corrected chi connectivity index (χ4v) is 4.46. The molecule has 2 aromatic rings. The molecule has 3 rings (SSSR count). The zero-order valence-electron chi connectivity index (χ0n) is 16.8. The lowest BCUT2D eigenvalue weighted by molar-refractivity contribution is 0.193. The molecule has 0 spiro atoms. The third-order valence-electron chi connectivity index (χ3n) is 5.21. The van der Waals surface area contributed by atoms with E-state index in [-0.39, 0.29) is 11.6 Å². The van der Waals surface area contributed by atoms with E-state index in [4.69, 9.17) is 0 Å². The van der Waals surface area contributed by atoms with Gasteiger partial charge < -0.3 is 10.4 Å². The van der Waals surface area contributed by atoms with Crippen LogP contribution in [0.1, 0.15) is 46.5 Å². The molecule has 0 bridgehead atoms. The lowest BCUT2D eigenvalue weighted by Crippen LogP contribution is -2.49. The van der Waals surface area contributed by atoms with Crippen LogP contribution in [0, 0.1) is 0 Å². The average Bonchev–Trinajstić information content (AvgIpc) is 2.63. The minimum absolute atomic E-state index is 0.00715. The molecule has 1 aliphatic carbocycles. The Bertz CT molecular complexity index is 809. The van der Waals surface area contributed by atoms with Gasteiger partial charge in [-0.2, -0.15) is 0 Å². The van der Waals surface area contributed by atoms with E-state index in [1.807, 2.05) is 48.5 Å². The van der Waals surface area contributed by atoms with Crippen molar-refractivity contribution in [3.05, 3.63) is 53.0 Å². The summed E-state index contributed by atoms with van der Waals surface area (Å²) in [5, 5.41) is 13.7. The SMILES string of the molecule is CC(C)(C)N[C@H]1CC[C@H](N(C(=O)O)c2cc(Br)ccc2-c2ccccc2)CC1. The van der Waals surface area contributed by atoms with Gasteiger partial charge in [0.25, 0.3) is 0 Å². The predicted octanol–water partition coefficient (Wildman–Crippen LogP) is 6.30. The fraction of sp³-hybridized carbons (Fsp3) is 0.435. The van der Waals surface area contributed by atoms with Crippen LogP contribution in [-0.2, 0) is 0 Å². The maximum absolute atomic E-state index is 12.3. The first-order valence-corrected chi connectivity index (χ1v) is 10.7. The highest BCUT2D eigenvalue weighted by Gasteiger charge is 2.32. The quantitative estimate of drug-likeness (QED) is 0.581. The number of nitrogens with zero attached hydrogens (tertiary/aromatic N) is 1. The standard InChI is InChI=1S/C23H29BrN2O2/c1-23(2,3)25-18-10-12-19(13-11-18)26(22(27)28)21-15-17(24)9-14-20(21)16-7-5-4-6-8-16/h4-9,14-15,18-19,25H,10-13H2,1-3H3,(H,27,28)/t18-,19-. The molecule has 4 nitrogen and oxygen atoms in total. The van der Waals surface area contributed by atoms with E-state index in [1.165, 1.54) is 0 Å². The number of nitrogens with one attached hydrogen (secondary N) is 1. The van der Waals surface area contributed by atoms with Gasteiger partial charge in [0.15, 0.2) is 0 Å². The molecule has 0 saturated heterocycles. The van der Waals surface area contributed by atoms with Crippen molar-refractivity contribution in [2.75, 3.05) is 4.90 Å². The molecule has 0 aliphatic heterocycles. The van der Waals surface area contributed by atoms with Crippen LogP contribution in [0.4, 0.5) is 10.5 Å². The van der Waals surface area contributed by atoms with Crippen LogP contribution in [0.2, 0.25) is 0 Å². The molecule has 1 amide bonds. The number of hydrogen-bond donors (Lipinski definition) is 2. The maximum atomic E-state index is 12.3. The molecule has 1 aliphatic rings. The highest BCUT2D eigenvalue weighted by atomic mass is 79.9. The zero-order chi connectivity index (χ0) is 20.3. The summed E-state index contributed by atoms with van der Waals surface area (Å²) in [7, 11) is 0. The number of benzene rings is 2. The predicted molar refractivity (Wildman–Crippen MR) is 119 cm³/mol. The normalized spacial score (nSPS) is 20.0. The lowest BCUT2D eigenvalue weighted by Gasteiger charge is -2.38. The summed E-state index contributed by atoms with van der Waals surface area (Å²) in [5.74, 6) is 0. The van der Waals surface area contributed by atoms with Crippen molar-refractivity contribution in [3.8, 4) is 11.1 Å². The minimum Gasteiger partial charge on any atom is -0.465 e. The van der Waals surface area contributed by atoms with Gasteiger partial charge >= 0.3 is 6.09 Å². The second-order valence-corrected chi connectivity index (χ2v) is 9.50. The number of carbonyl (C=O) groups is 1. The largest absolute Gasteiger partial charge is 0.465 e. The second-order valence-electron chi connectivity index (χ2n) is 8.58. The van der Waals surface area contributed by atoms with Gasteiger partial charge in [0, 0.05) is 27.7 Å². The van der Waals surface area contributed by atoms with Crippen molar-refractivity contribution >= 4 is 27.7 Å². The topological polar surface area (TPSA) is 52.6 Å². The summed E-state index contributed by atoms with van der Waals surface area (Å²) in [5.41, 5.74) is 2.80. The molecule has 0 radical (unpaired) electrons. The monoisotopic (exact) mass is 444 g/mol. The third-order valence-corrected chi connectivity index (χ3v) is 5.70. The molecule has 5 heteroatoms. The average molecular weight is 445 g/mol. The van der Waals surface area contributed by atoms with Crippen molar-refractivity contribution < 1.29 is 9.90 Å². The number of anilines is 1. The second kappa shape index (κ2) is 8.66. The van der Waals surface area contributed by atoms with Crippen molar-refractivity contribution in [3.63, 3.8) is 0 Å². The Morgan fingerprint density at radius 1 is 1.07 bits per heavy atom. The van der Waals surface area contributed by atoms with E-state index in [0.29, 0.717) is 6.04 Å². The van der Waals surface area contributed by atoms with Crippen LogP contribution in [0.3, 0.4) is 0 Å². The molecule has 1 fully saturated rings. The van der Waals surface area contributed by atoms with Crippen LogP contribution in [0.15, 0.2) is 53.0 Å². The minimum atomic E-state index is -0.887. The Morgan fingerprint density at radius 3 is 2.29 bits per heavy atom. The Morgan fingerprint density at radius 2 is 1.71 bits per heavy atom. The van der Waals surface area contributed by atoms with Crippen LogP contribution in [0.25, 0.3) is 11.1 Å². The smallest absolute Gasteiger partial charge is 0.412 e. The van der Waals surface area contributed by atoms with Gasteiger partial charge in [-0.25, -0.2) is 4.79 Å². The van der Waals surface area contributed by atoms with Gasteiger partial charge in [-0.15, -0.1) is 0 Å². The van der Waals surface area contributed by atoms with E-state index in [9.17, 15) is 9.90 Å². The summed E-state index contributed by atoms with van der Waals surface area (Å²) in [4.78, 5) is 13.9. The molecule has 2 N–H and O–H groups in total. The zero-order valence-corrected chi connectivity index (χ0v) is 18.4. The fourth-order valence-electron chi connectivity index (χ4n) is 4.11. The van der Waals surface area contributed by atoms with E-state index in [0.717, 1.165) is 47.0 Å². The molecular formula is C23H29BrN2O2. The van der Waals surface area contributed by atoms with Crippen molar-refractivity contribution in [1.29, 1.82) is 0 Å². The Balaban J connectivity index is 1.88. The molecule has 0 unspecified atom stereocenters. The van der Waals surface area contributed by atoms with E-state index in [2.05, 4.69) is 42.0 Å². The molecule has 1 saturated carbocycles. The number of rotatable bonds is 4. The molecule has 0 aromatic heterocycles. The van der Waals surface area contributed by atoms with Crippen LogP contribution < -0.4 is 10.2 Å². The molecule has 0 heterocycles. The number of amides is 1. The first-order chi connectivity index (χ1) is 13.2. The van der Waals surface area contributed by atoms with Gasteiger partial charge in [0.2, 0.25) is 0 Å². The highest BCUT2D eigenvalue weighted by molar-refractivity contribution is 9.10. The Kier molecular flexibility index (Phi) is 6.46.